The lowest BCUT2D eigenvalue weighted by Crippen LogP contribution is -2.33. The summed E-state index contributed by atoms with van der Waals surface area (Å²) in [4.78, 5) is 11.5. The second-order valence-corrected chi connectivity index (χ2v) is 6.88. The normalized spacial score (nSPS) is 15.5. The van der Waals surface area contributed by atoms with Crippen LogP contribution in [-0.2, 0) is 0 Å². The standard InChI is InChI=1S/C19H25N5S/c1-14-13-17(24-11-7-4-8-12-24)22-18(20-14)23-19(25)21-15(2)16-9-5-3-6-10-16/h3,5-6,9-10,13,15H,4,7-8,11-12H2,1-2H3,(H2,20,21,22,23,25)/t15-/m0/s1. The highest BCUT2D eigenvalue weighted by Gasteiger charge is 2.14. The predicted octanol–water partition coefficient (Wildman–Crippen LogP) is 3.82. The van der Waals surface area contributed by atoms with Crippen LogP contribution in [0.5, 0.6) is 0 Å². The van der Waals surface area contributed by atoms with Crippen molar-refractivity contribution < 1.29 is 0 Å². The van der Waals surface area contributed by atoms with Gasteiger partial charge in [-0.25, -0.2) is 4.98 Å². The summed E-state index contributed by atoms with van der Waals surface area (Å²) in [6.07, 6.45) is 3.75. The highest BCUT2D eigenvalue weighted by atomic mass is 32.1. The van der Waals surface area contributed by atoms with Crippen molar-refractivity contribution in [2.75, 3.05) is 23.3 Å². The van der Waals surface area contributed by atoms with E-state index < -0.39 is 0 Å². The van der Waals surface area contributed by atoms with Crippen LogP contribution in [0.2, 0.25) is 0 Å². The van der Waals surface area contributed by atoms with Crippen LogP contribution in [-0.4, -0.2) is 28.2 Å². The number of nitrogens with one attached hydrogen (secondary N) is 2. The number of nitrogens with zero attached hydrogens (tertiary/aromatic N) is 3. The van der Waals surface area contributed by atoms with E-state index in [0.29, 0.717) is 11.1 Å². The molecule has 2 N–H and O–H groups in total. The summed E-state index contributed by atoms with van der Waals surface area (Å²) in [5, 5.41) is 6.96. The average molecular weight is 356 g/mol. The molecule has 0 amide bonds. The first-order valence-corrected chi connectivity index (χ1v) is 9.26. The second-order valence-electron chi connectivity index (χ2n) is 6.47. The van der Waals surface area contributed by atoms with Crippen LogP contribution in [0.25, 0.3) is 0 Å². The summed E-state index contributed by atoms with van der Waals surface area (Å²) in [5.41, 5.74) is 2.13. The van der Waals surface area contributed by atoms with Gasteiger partial charge >= 0.3 is 0 Å². The number of rotatable bonds is 4. The van der Waals surface area contributed by atoms with Gasteiger partial charge in [-0.3, -0.25) is 0 Å². The molecule has 1 aromatic carbocycles. The molecule has 0 saturated carbocycles. The Balaban J connectivity index is 1.65. The van der Waals surface area contributed by atoms with Crippen molar-refractivity contribution in [1.82, 2.24) is 15.3 Å². The van der Waals surface area contributed by atoms with E-state index in [9.17, 15) is 0 Å². The smallest absolute Gasteiger partial charge is 0.231 e. The molecule has 0 aliphatic carbocycles. The third-order valence-electron chi connectivity index (χ3n) is 4.39. The number of benzene rings is 1. The molecule has 25 heavy (non-hydrogen) atoms. The van der Waals surface area contributed by atoms with Crippen molar-refractivity contribution in [3.8, 4) is 0 Å². The molecule has 132 valence electrons. The highest BCUT2D eigenvalue weighted by Crippen LogP contribution is 2.20. The number of piperidine rings is 1. The maximum atomic E-state index is 5.44. The third kappa shape index (κ3) is 4.89. The minimum Gasteiger partial charge on any atom is -0.356 e. The monoisotopic (exact) mass is 355 g/mol. The van der Waals surface area contributed by atoms with E-state index in [1.54, 1.807) is 0 Å². The quantitative estimate of drug-likeness (QED) is 0.813. The Hall–Kier alpha value is -2.21. The molecule has 3 rings (SSSR count). The van der Waals surface area contributed by atoms with Crippen molar-refractivity contribution in [1.29, 1.82) is 0 Å². The van der Waals surface area contributed by atoms with Crippen LogP contribution >= 0.6 is 12.2 Å². The first-order valence-electron chi connectivity index (χ1n) is 8.85. The van der Waals surface area contributed by atoms with E-state index in [0.717, 1.165) is 24.6 Å². The molecule has 2 aromatic rings. The average Bonchev–Trinajstić information content (AvgIpc) is 2.62. The van der Waals surface area contributed by atoms with Crippen LogP contribution in [0.3, 0.4) is 0 Å². The van der Waals surface area contributed by atoms with Crippen LogP contribution < -0.4 is 15.5 Å². The first kappa shape index (κ1) is 17.6. The third-order valence-corrected chi connectivity index (χ3v) is 4.61. The fraction of sp³-hybridized carbons (Fsp3) is 0.421. The molecule has 1 aliphatic heterocycles. The molecule has 0 bridgehead atoms. The van der Waals surface area contributed by atoms with E-state index in [4.69, 9.17) is 12.2 Å². The maximum Gasteiger partial charge on any atom is 0.231 e. The summed E-state index contributed by atoms with van der Waals surface area (Å²) >= 11 is 5.44. The first-order chi connectivity index (χ1) is 12.1. The number of hydrogen-bond acceptors (Lipinski definition) is 4. The Morgan fingerprint density at radius 1 is 1.12 bits per heavy atom. The number of aryl methyl sites for hydroxylation is 1. The number of aromatic nitrogens is 2. The molecule has 0 radical (unpaired) electrons. The number of hydrogen-bond donors (Lipinski definition) is 2. The highest BCUT2D eigenvalue weighted by molar-refractivity contribution is 7.80. The minimum atomic E-state index is 0.118. The zero-order valence-corrected chi connectivity index (χ0v) is 15.6. The van der Waals surface area contributed by atoms with Crippen molar-refractivity contribution in [3.63, 3.8) is 0 Å². The van der Waals surface area contributed by atoms with Gasteiger partial charge < -0.3 is 15.5 Å². The van der Waals surface area contributed by atoms with Crippen molar-refractivity contribution in [2.24, 2.45) is 0 Å². The van der Waals surface area contributed by atoms with Crippen molar-refractivity contribution in [3.05, 3.63) is 47.7 Å². The molecule has 1 aromatic heterocycles. The van der Waals surface area contributed by atoms with Gasteiger partial charge in [0.1, 0.15) is 5.82 Å². The molecular formula is C19H25N5S. The molecule has 5 nitrogen and oxygen atoms in total. The van der Waals surface area contributed by atoms with E-state index in [1.165, 1.54) is 24.8 Å². The molecule has 0 unspecified atom stereocenters. The molecule has 1 aliphatic rings. The molecular weight excluding hydrogens is 330 g/mol. The Bertz CT molecular complexity index is 713. The van der Waals surface area contributed by atoms with Crippen LogP contribution in [0.4, 0.5) is 11.8 Å². The maximum absolute atomic E-state index is 5.44. The zero-order valence-electron chi connectivity index (χ0n) is 14.8. The Morgan fingerprint density at radius 3 is 2.56 bits per heavy atom. The summed E-state index contributed by atoms with van der Waals surface area (Å²) in [7, 11) is 0. The van der Waals surface area contributed by atoms with E-state index in [-0.39, 0.29) is 6.04 Å². The molecule has 2 heterocycles. The Morgan fingerprint density at radius 2 is 1.84 bits per heavy atom. The largest absolute Gasteiger partial charge is 0.356 e. The van der Waals surface area contributed by atoms with Crippen LogP contribution in [0.15, 0.2) is 36.4 Å². The van der Waals surface area contributed by atoms with Gasteiger partial charge in [0, 0.05) is 24.8 Å². The van der Waals surface area contributed by atoms with E-state index in [2.05, 4.69) is 44.6 Å². The molecule has 6 heteroatoms. The van der Waals surface area contributed by atoms with Gasteiger partial charge in [-0.1, -0.05) is 30.3 Å². The van der Waals surface area contributed by atoms with Gasteiger partial charge in [0.15, 0.2) is 5.11 Å². The van der Waals surface area contributed by atoms with Gasteiger partial charge in [0.05, 0.1) is 6.04 Å². The van der Waals surface area contributed by atoms with Crippen molar-refractivity contribution in [2.45, 2.75) is 39.2 Å². The summed E-state index contributed by atoms with van der Waals surface area (Å²) in [6.45, 7) is 6.19. The summed E-state index contributed by atoms with van der Waals surface area (Å²) in [5.74, 6) is 1.53. The zero-order chi connectivity index (χ0) is 17.6. The SMILES string of the molecule is Cc1cc(N2CCCCC2)nc(NC(=S)N[C@@H](C)c2ccccc2)n1. The van der Waals surface area contributed by atoms with E-state index >= 15 is 0 Å². The fourth-order valence-corrected chi connectivity index (χ4v) is 3.32. The van der Waals surface area contributed by atoms with Gasteiger partial charge in [-0.05, 0) is 50.9 Å². The molecule has 0 spiro atoms. The molecule has 1 atom stereocenters. The van der Waals surface area contributed by atoms with Gasteiger partial charge in [-0.15, -0.1) is 0 Å². The predicted molar refractivity (Wildman–Crippen MR) is 107 cm³/mol. The number of anilines is 2. The second kappa shape index (κ2) is 8.25. The number of thiocarbonyl (C=S) groups is 1. The van der Waals surface area contributed by atoms with Crippen LogP contribution in [0, 0.1) is 6.92 Å². The Kier molecular flexibility index (Phi) is 5.81. The molecule has 1 saturated heterocycles. The molecule has 1 fully saturated rings. The van der Waals surface area contributed by atoms with Crippen LogP contribution in [0.1, 0.15) is 43.5 Å². The lowest BCUT2D eigenvalue weighted by atomic mass is 10.1. The van der Waals surface area contributed by atoms with Crippen molar-refractivity contribution >= 4 is 29.1 Å². The minimum absolute atomic E-state index is 0.118. The summed E-state index contributed by atoms with van der Waals surface area (Å²) in [6, 6.07) is 12.4. The Labute approximate surface area is 154 Å². The summed E-state index contributed by atoms with van der Waals surface area (Å²) < 4.78 is 0. The van der Waals surface area contributed by atoms with E-state index in [1.807, 2.05) is 31.2 Å². The van der Waals surface area contributed by atoms with Gasteiger partial charge in [-0.2, -0.15) is 4.98 Å². The van der Waals surface area contributed by atoms with Gasteiger partial charge in [0.25, 0.3) is 0 Å². The lowest BCUT2D eigenvalue weighted by molar-refractivity contribution is 0.573. The lowest BCUT2D eigenvalue weighted by Gasteiger charge is -2.28. The topological polar surface area (TPSA) is 53.1 Å². The fourth-order valence-electron chi connectivity index (χ4n) is 3.05. The van der Waals surface area contributed by atoms with Gasteiger partial charge in [0.2, 0.25) is 5.95 Å².